The number of nitrogens with zero attached hydrogens (tertiary/aromatic N) is 7. The van der Waals surface area contributed by atoms with Gasteiger partial charge in [0.2, 0.25) is 17.1 Å². The Morgan fingerprint density at radius 3 is 2.70 bits per heavy atom. The summed E-state index contributed by atoms with van der Waals surface area (Å²) >= 11 is 1.48. The highest BCUT2D eigenvalue weighted by molar-refractivity contribution is 7.98. The van der Waals surface area contributed by atoms with Crippen LogP contribution in [0.15, 0.2) is 11.5 Å². The summed E-state index contributed by atoms with van der Waals surface area (Å²) in [5, 5.41) is 8.28. The lowest BCUT2D eigenvalue weighted by Crippen LogP contribution is -2.18. The van der Waals surface area contributed by atoms with Gasteiger partial charge < -0.3 is 10.2 Å². The van der Waals surface area contributed by atoms with Crippen LogP contribution in [0.2, 0.25) is 0 Å². The van der Waals surface area contributed by atoms with Crippen LogP contribution in [0.1, 0.15) is 12.8 Å². The van der Waals surface area contributed by atoms with E-state index in [1.165, 1.54) is 11.8 Å². The highest BCUT2D eigenvalue weighted by Crippen LogP contribution is 2.23. The quantitative estimate of drug-likeness (QED) is 0.811. The highest BCUT2D eigenvalue weighted by Gasteiger charge is 2.23. The van der Waals surface area contributed by atoms with Gasteiger partial charge in [-0.05, 0) is 19.1 Å². The Hall–Kier alpha value is -1.90. The van der Waals surface area contributed by atoms with Crippen molar-refractivity contribution in [2.45, 2.75) is 24.0 Å². The van der Waals surface area contributed by atoms with Crippen LogP contribution in [0, 0.1) is 0 Å². The van der Waals surface area contributed by atoms with Crippen molar-refractivity contribution in [2.75, 3.05) is 30.6 Å². The maximum Gasteiger partial charge on any atom is 0.258 e. The summed E-state index contributed by atoms with van der Waals surface area (Å²) in [5.41, 5.74) is 0. The summed E-state index contributed by atoms with van der Waals surface area (Å²) in [5.74, 6) is 1.65. The van der Waals surface area contributed by atoms with E-state index in [2.05, 4.69) is 30.4 Å². The van der Waals surface area contributed by atoms with Crippen molar-refractivity contribution < 1.29 is 0 Å². The first kappa shape index (κ1) is 13.1. The Morgan fingerprint density at radius 1 is 1.30 bits per heavy atom. The second-order valence-electron chi connectivity index (χ2n) is 4.75. The van der Waals surface area contributed by atoms with Gasteiger partial charge in [-0.2, -0.15) is 19.6 Å². The maximum absolute atomic E-state index is 4.41. The lowest BCUT2D eigenvalue weighted by Gasteiger charge is -2.12. The molecule has 0 bridgehead atoms. The third-order valence-electron chi connectivity index (χ3n) is 2.78. The van der Waals surface area contributed by atoms with Crippen molar-refractivity contribution in [1.82, 2.24) is 29.7 Å². The number of hydrogen-bond acceptors (Lipinski definition) is 8. The molecule has 0 aliphatic heterocycles. The summed E-state index contributed by atoms with van der Waals surface area (Å²) in [6, 6.07) is 0.484. The fourth-order valence-corrected chi connectivity index (χ4v) is 1.89. The van der Waals surface area contributed by atoms with Crippen molar-refractivity contribution >= 4 is 23.7 Å². The van der Waals surface area contributed by atoms with E-state index in [0.29, 0.717) is 29.0 Å². The Balaban J connectivity index is 1.96. The molecule has 0 amide bonds. The first-order chi connectivity index (χ1) is 9.65. The molecular formula is C11H16N8S. The summed E-state index contributed by atoms with van der Waals surface area (Å²) < 4.78 is 1.57. The largest absolute Gasteiger partial charge is 0.351 e. The number of nitrogens with one attached hydrogen (secondary N) is 1. The summed E-state index contributed by atoms with van der Waals surface area (Å²) in [7, 11) is 3.80. The van der Waals surface area contributed by atoms with Gasteiger partial charge in [0.15, 0.2) is 0 Å². The first-order valence-electron chi connectivity index (χ1n) is 6.31. The van der Waals surface area contributed by atoms with Crippen molar-refractivity contribution in [3.8, 4) is 5.95 Å². The van der Waals surface area contributed by atoms with Crippen LogP contribution >= 0.6 is 11.8 Å². The highest BCUT2D eigenvalue weighted by atomic mass is 32.2. The molecule has 0 unspecified atom stereocenters. The molecule has 1 aliphatic carbocycles. The topological polar surface area (TPSA) is 84.7 Å². The van der Waals surface area contributed by atoms with E-state index in [1.54, 1.807) is 11.0 Å². The van der Waals surface area contributed by atoms with Gasteiger partial charge in [0.1, 0.15) is 6.33 Å². The third kappa shape index (κ3) is 2.82. The van der Waals surface area contributed by atoms with Crippen LogP contribution in [0.25, 0.3) is 5.95 Å². The minimum atomic E-state index is 0.472. The Labute approximate surface area is 121 Å². The Morgan fingerprint density at radius 2 is 2.10 bits per heavy atom. The number of anilines is 2. The molecular weight excluding hydrogens is 276 g/mol. The molecule has 9 heteroatoms. The fourth-order valence-electron chi connectivity index (χ4n) is 1.57. The SMILES string of the molecule is CSc1ncn(-c2nc(NC3CC3)nc(N(C)C)n2)n1. The van der Waals surface area contributed by atoms with Gasteiger partial charge in [-0.15, -0.1) is 5.10 Å². The van der Waals surface area contributed by atoms with E-state index >= 15 is 0 Å². The Bertz CT molecular complexity index is 606. The molecule has 1 aliphatic rings. The van der Waals surface area contributed by atoms with E-state index in [1.807, 2.05) is 25.3 Å². The van der Waals surface area contributed by atoms with Gasteiger partial charge in [-0.3, -0.25) is 0 Å². The van der Waals surface area contributed by atoms with Crippen LogP contribution < -0.4 is 10.2 Å². The molecule has 1 N–H and O–H groups in total. The van der Waals surface area contributed by atoms with Crippen LogP contribution in [0.4, 0.5) is 11.9 Å². The molecule has 2 heterocycles. The monoisotopic (exact) mass is 292 g/mol. The zero-order valence-corrected chi connectivity index (χ0v) is 12.4. The molecule has 20 heavy (non-hydrogen) atoms. The molecule has 106 valence electrons. The maximum atomic E-state index is 4.41. The van der Waals surface area contributed by atoms with Crippen LogP contribution in [-0.2, 0) is 0 Å². The molecule has 8 nitrogen and oxygen atoms in total. The summed E-state index contributed by atoms with van der Waals surface area (Å²) in [6.45, 7) is 0. The standard InChI is InChI=1S/C11H16N8S/c1-18(2)9-14-8(13-7-4-5-7)15-10(16-9)19-6-12-11(17-19)20-3/h6-7H,4-5H2,1-3H3,(H,13,14,15,16). The molecule has 2 aromatic rings. The van der Waals surface area contributed by atoms with Crippen molar-refractivity contribution in [3.05, 3.63) is 6.33 Å². The van der Waals surface area contributed by atoms with Gasteiger partial charge in [-0.25, -0.2) is 4.98 Å². The van der Waals surface area contributed by atoms with E-state index < -0.39 is 0 Å². The minimum Gasteiger partial charge on any atom is -0.351 e. The van der Waals surface area contributed by atoms with Crippen molar-refractivity contribution in [1.29, 1.82) is 0 Å². The lowest BCUT2D eigenvalue weighted by molar-refractivity contribution is 0.764. The van der Waals surface area contributed by atoms with Crippen molar-refractivity contribution in [3.63, 3.8) is 0 Å². The molecule has 0 spiro atoms. The molecule has 0 aromatic carbocycles. The number of rotatable bonds is 5. The van der Waals surface area contributed by atoms with Crippen molar-refractivity contribution in [2.24, 2.45) is 0 Å². The normalized spacial score (nSPS) is 14.3. The van der Waals surface area contributed by atoms with Crippen LogP contribution in [0.5, 0.6) is 0 Å². The lowest BCUT2D eigenvalue weighted by atomic mass is 10.6. The molecule has 0 radical (unpaired) electrons. The zero-order valence-electron chi connectivity index (χ0n) is 11.6. The minimum absolute atomic E-state index is 0.472. The van der Waals surface area contributed by atoms with E-state index in [0.717, 1.165) is 12.8 Å². The molecule has 1 fully saturated rings. The number of hydrogen-bond donors (Lipinski definition) is 1. The molecule has 0 atom stereocenters. The van der Waals surface area contributed by atoms with Gasteiger partial charge in [0.25, 0.3) is 5.95 Å². The van der Waals surface area contributed by atoms with E-state index in [-0.39, 0.29) is 0 Å². The smallest absolute Gasteiger partial charge is 0.258 e. The molecule has 1 saturated carbocycles. The zero-order chi connectivity index (χ0) is 14.1. The first-order valence-corrected chi connectivity index (χ1v) is 7.54. The number of thioether (sulfide) groups is 1. The fraction of sp³-hybridized carbons (Fsp3) is 0.545. The molecule has 3 rings (SSSR count). The summed E-state index contributed by atoms with van der Waals surface area (Å²) in [6.07, 6.45) is 5.87. The predicted molar refractivity (Wildman–Crippen MR) is 77.5 cm³/mol. The van der Waals surface area contributed by atoms with Crippen LogP contribution in [-0.4, -0.2) is 56.1 Å². The average Bonchev–Trinajstić information content (AvgIpc) is 3.11. The van der Waals surface area contributed by atoms with E-state index in [9.17, 15) is 0 Å². The third-order valence-corrected chi connectivity index (χ3v) is 3.33. The molecule has 2 aromatic heterocycles. The Kier molecular flexibility index (Phi) is 3.43. The van der Waals surface area contributed by atoms with E-state index in [4.69, 9.17) is 0 Å². The number of aromatic nitrogens is 6. The van der Waals surface area contributed by atoms with Gasteiger partial charge >= 0.3 is 0 Å². The second kappa shape index (κ2) is 5.23. The summed E-state index contributed by atoms with van der Waals surface area (Å²) in [4.78, 5) is 19.2. The molecule has 0 saturated heterocycles. The van der Waals surface area contributed by atoms with Gasteiger partial charge in [0, 0.05) is 20.1 Å². The second-order valence-corrected chi connectivity index (χ2v) is 5.52. The van der Waals surface area contributed by atoms with Gasteiger partial charge in [0.05, 0.1) is 0 Å². The predicted octanol–water partition coefficient (Wildman–Crippen LogP) is 0.814. The average molecular weight is 292 g/mol. The van der Waals surface area contributed by atoms with Gasteiger partial charge in [-0.1, -0.05) is 11.8 Å². The van der Waals surface area contributed by atoms with Crippen LogP contribution in [0.3, 0.4) is 0 Å².